The molecule has 1 unspecified atom stereocenters. The number of benzene rings is 1. The largest absolute Gasteiger partial charge is 0.341 e. The maximum absolute atomic E-state index is 13.3. The van der Waals surface area contributed by atoms with Crippen molar-refractivity contribution >= 4 is 51.2 Å². The standard InChI is InChI=1S/C19H13ClFN3OS2/c20-18-14(24-9-11-27-19(24)23-18)7-8-16(25)22-17(15-2-1-10-26-15)12-3-5-13(21)6-4-12/h1-11,17H,(H,22,25)/b8-7+. The Morgan fingerprint density at radius 3 is 2.78 bits per heavy atom. The number of halogens is 2. The van der Waals surface area contributed by atoms with Crippen LogP contribution in [0.1, 0.15) is 22.2 Å². The first-order valence-electron chi connectivity index (χ1n) is 8.00. The smallest absolute Gasteiger partial charge is 0.244 e. The minimum Gasteiger partial charge on any atom is -0.341 e. The fraction of sp³-hybridized carbons (Fsp3) is 0.0526. The van der Waals surface area contributed by atoms with Gasteiger partial charge in [-0.2, -0.15) is 0 Å². The van der Waals surface area contributed by atoms with Crippen molar-refractivity contribution in [3.05, 3.63) is 86.5 Å². The van der Waals surface area contributed by atoms with Crippen molar-refractivity contribution in [1.29, 1.82) is 0 Å². The fourth-order valence-corrected chi connectivity index (χ4v) is 4.51. The first-order valence-corrected chi connectivity index (χ1v) is 10.1. The molecule has 27 heavy (non-hydrogen) atoms. The number of fused-ring (bicyclic) bond motifs is 1. The fourth-order valence-electron chi connectivity index (χ4n) is 2.70. The molecule has 0 aliphatic heterocycles. The molecule has 1 amide bonds. The Bertz CT molecular complexity index is 1100. The van der Waals surface area contributed by atoms with Crippen LogP contribution in [0.4, 0.5) is 4.39 Å². The Morgan fingerprint density at radius 1 is 1.22 bits per heavy atom. The lowest BCUT2D eigenvalue weighted by Gasteiger charge is -2.17. The van der Waals surface area contributed by atoms with Crippen molar-refractivity contribution in [3.63, 3.8) is 0 Å². The maximum Gasteiger partial charge on any atom is 0.244 e. The zero-order valence-electron chi connectivity index (χ0n) is 13.8. The lowest BCUT2D eigenvalue weighted by molar-refractivity contribution is -0.116. The minimum absolute atomic E-state index is 0.279. The second-order valence-electron chi connectivity index (χ2n) is 5.69. The van der Waals surface area contributed by atoms with Crippen LogP contribution in [0, 0.1) is 5.82 Å². The average Bonchev–Trinajstić information content (AvgIpc) is 3.37. The molecule has 0 saturated carbocycles. The predicted octanol–water partition coefficient (Wildman–Crippen LogP) is 5.17. The second kappa shape index (κ2) is 7.64. The number of imidazole rings is 1. The van der Waals surface area contributed by atoms with Crippen LogP contribution in [0.25, 0.3) is 11.0 Å². The van der Waals surface area contributed by atoms with E-state index in [1.54, 1.807) is 18.2 Å². The van der Waals surface area contributed by atoms with E-state index in [2.05, 4.69) is 10.3 Å². The van der Waals surface area contributed by atoms with Gasteiger partial charge in [-0.15, -0.1) is 22.7 Å². The molecule has 0 fully saturated rings. The molecular weight excluding hydrogens is 405 g/mol. The Hall–Kier alpha value is -2.48. The van der Waals surface area contributed by atoms with Crippen molar-refractivity contribution in [2.24, 2.45) is 0 Å². The van der Waals surface area contributed by atoms with Gasteiger partial charge in [0.05, 0.1) is 11.7 Å². The summed E-state index contributed by atoms with van der Waals surface area (Å²) in [5.74, 6) is -0.593. The van der Waals surface area contributed by atoms with Gasteiger partial charge >= 0.3 is 0 Å². The Morgan fingerprint density at radius 2 is 2.04 bits per heavy atom. The van der Waals surface area contributed by atoms with Gasteiger partial charge < -0.3 is 5.32 Å². The zero-order valence-corrected chi connectivity index (χ0v) is 16.2. The van der Waals surface area contributed by atoms with Gasteiger partial charge in [-0.05, 0) is 35.2 Å². The average molecular weight is 418 g/mol. The molecule has 3 heterocycles. The number of thiophene rings is 1. The van der Waals surface area contributed by atoms with Crippen LogP contribution in [0.3, 0.4) is 0 Å². The number of nitrogens with one attached hydrogen (secondary N) is 1. The first-order chi connectivity index (χ1) is 13.1. The minimum atomic E-state index is -0.357. The van der Waals surface area contributed by atoms with Gasteiger partial charge in [0.2, 0.25) is 5.91 Å². The Kier molecular flexibility index (Phi) is 5.07. The lowest BCUT2D eigenvalue weighted by Crippen LogP contribution is -2.27. The number of hydrogen-bond acceptors (Lipinski definition) is 4. The molecule has 1 aromatic carbocycles. The van der Waals surface area contributed by atoms with E-state index in [0.29, 0.717) is 10.8 Å². The van der Waals surface area contributed by atoms with E-state index in [0.717, 1.165) is 15.4 Å². The van der Waals surface area contributed by atoms with Gasteiger partial charge in [0.1, 0.15) is 5.82 Å². The van der Waals surface area contributed by atoms with E-state index in [1.165, 1.54) is 40.9 Å². The molecule has 0 aliphatic carbocycles. The molecule has 0 saturated heterocycles. The van der Waals surface area contributed by atoms with Crippen molar-refractivity contribution < 1.29 is 9.18 Å². The van der Waals surface area contributed by atoms with E-state index in [4.69, 9.17) is 11.6 Å². The van der Waals surface area contributed by atoms with Crippen molar-refractivity contribution in [1.82, 2.24) is 14.7 Å². The van der Waals surface area contributed by atoms with Crippen molar-refractivity contribution in [2.45, 2.75) is 6.04 Å². The summed E-state index contributed by atoms with van der Waals surface area (Å²) >= 11 is 9.14. The van der Waals surface area contributed by atoms with Crippen LogP contribution >= 0.6 is 34.3 Å². The molecule has 0 aliphatic rings. The Labute approximate surface area is 167 Å². The number of aromatic nitrogens is 2. The summed E-state index contributed by atoms with van der Waals surface area (Å²) in [5, 5.41) is 7.16. The monoisotopic (exact) mass is 417 g/mol. The third kappa shape index (κ3) is 3.80. The summed E-state index contributed by atoms with van der Waals surface area (Å²) in [7, 11) is 0. The van der Waals surface area contributed by atoms with Gasteiger partial charge in [0.25, 0.3) is 0 Å². The molecule has 0 bridgehead atoms. The summed E-state index contributed by atoms with van der Waals surface area (Å²) in [4.78, 5) is 18.5. The number of nitrogens with zero attached hydrogens (tertiary/aromatic N) is 2. The predicted molar refractivity (Wildman–Crippen MR) is 108 cm³/mol. The first kappa shape index (κ1) is 17.9. The van der Waals surface area contributed by atoms with E-state index in [1.807, 2.05) is 33.5 Å². The Balaban J connectivity index is 1.57. The summed E-state index contributed by atoms with van der Waals surface area (Å²) in [6.45, 7) is 0. The highest BCUT2D eigenvalue weighted by atomic mass is 35.5. The molecule has 0 spiro atoms. The maximum atomic E-state index is 13.3. The molecule has 4 rings (SSSR count). The van der Waals surface area contributed by atoms with E-state index >= 15 is 0 Å². The van der Waals surface area contributed by atoms with Crippen LogP contribution in [0.2, 0.25) is 5.15 Å². The zero-order chi connectivity index (χ0) is 18.8. The summed E-state index contributed by atoms with van der Waals surface area (Å²) in [6.07, 6.45) is 4.92. The topological polar surface area (TPSA) is 46.4 Å². The molecule has 8 heteroatoms. The van der Waals surface area contributed by atoms with Crippen LogP contribution in [0.15, 0.2) is 59.4 Å². The molecular formula is C19H13ClFN3OS2. The number of carbonyl (C=O) groups excluding carboxylic acids is 1. The van der Waals surface area contributed by atoms with Gasteiger partial charge in [-0.1, -0.05) is 29.8 Å². The summed E-state index contributed by atoms with van der Waals surface area (Å²) in [6, 6.07) is 9.61. The van der Waals surface area contributed by atoms with E-state index in [-0.39, 0.29) is 17.8 Å². The number of thiazole rings is 1. The van der Waals surface area contributed by atoms with Crippen LogP contribution < -0.4 is 5.32 Å². The van der Waals surface area contributed by atoms with E-state index < -0.39 is 0 Å². The van der Waals surface area contributed by atoms with Crippen molar-refractivity contribution in [3.8, 4) is 0 Å². The van der Waals surface area contributed by atoms with Crippen molar-refractivity contribution in [2.75, 3.05) is 0 Å². The summed E-state index contributed by atoms with van der Waals surface area (Å²) in [5.41, 5.74) is 1.46. The van der Waals surface area contributed by atoms with Crippen LogP contribution in [0.5, 0.6) is 0 Å². The van der Waals surface area contributed by atoms with Gasteiger partial charge in [0.15, 0.2) is 10.1 Å². The second-order valence-corrected chi connectivity index (χ2v) is 7.90. The van der Waals surface area contributed by atoms with Crippen LogP contribution in [-0.2, 0) is 4.79 Å². The molecule has 136 valence electrons. The number of hydrogen-bond donors (Lipinski definition) is 1. The highest BCUT2D eigenvalue weighted by Gasteiger charge is 2.17. The SMILES string of the molecule is O=C(/C=C/c1c(Cl)nc2sccn12)NC(c1ccc(F)cc1)c1cccs1. The third-order valence-electron chi connectivity index (χ3n) is 3.96. The molecule has 0 radical (unpaired) electrons. The normalized spacial score (nSPS) is 12.7. The number of amides is 1. The van der Waals surface area contributed by atoms with Gasteiger partial charge in [-0.3, -0.25) is 9.20 Å². The highest BCUT2D eigenvalue weighted by molar-refractivity contribution is 7.15. The van der Waals surface area contributed by atoms with Gasteiger partial charge in [-0.25, -0.2) is 9.37 Å². The summed E-state index contributed by atoms with van der Waals surface area (Å²) < 4.78 is 15.1. The molecule has 4 aromatic rings. The van der Waals surface area contributed by atoms with E-state index in [9.17, 15) is 9.18 Å². The quantitative estimate of drug-likeness (QED) is 0.455. The highest BCUT2D eigenvalue weighted by Crippen LogP contribution is 2.27. The molecule has 1 N–H and O–H groups in total. The number of rotatable bonds is 5. The lowest BCUT2D eigenvalue weighted by atomic mass is 10.1. The third-order valence-corrected chi connectivity index (χ3v) is 5.94. The molecule has 1 atom stereocenters. The van der Waals surface area contributed by atoms with Crippen LogP contribution in [-0.4, -0.2) is 15.3 Å². The molecule has 4 nitrogen and oxygen atoms in total. The van der Waals surface area contributed by atoms with Gasteiger partial charge in [0, 0.05) is 22.5 Å². The molecule has 3 aromatic heterocycles. The number of carbonyl (C=O) groups is 1.